The summed E-state index contributed by atoms with van der Waals surface area (Å²) in [5.74, 6) is 3.86. The summed E-state index contributed by atoms with van der Waals surface area (Å²) in [5.41, 5.74) is 0.702. The largest absolute Gasteiger partial charge is 0.357 e. The molecule has 1 saturated carbocycles. The molecular weight excluding hydrogens is 340 g/mol. The van der Waals surface area contributed by atoms with Crippen LogP contribution in [0.5, 0.6) is 0 Å². The predicted octanol–water partition coefficient (Wildman–Crippen LogP) is 2.76. The number of fused-ring (bicyclic) bond motifs is 1. The molecule has 3 heterocycles. The fraction of sp³-hybridized carbons (Fsp3) is 0.600. The molecule has 2 aliphatic rings. The van der Waals surface area contributed by atoms with Crippen molar-refractivity contribution in [1.29, 1.82) is 0 Å². The van der Waals surface area contributed by atoms with Gasteiger partial charge in [-0.3, -0.25) is 9.98 Å². The maximum atomic E-state index is 5.32. The van der Waals surface area contributed by atoms with Crippen LogP contribution in [0.4, 0.5) is 0 Å². The van der Waals surface area contributed by atoms with Gasteiger partial charge in [-0.15, -0.1) is 0 Å². The average Bonchev–Trinajstić information content (AvgIpc) is 3.35. The summed E-state index contributed by atoms with van der Waals surface area (Å²) in [6.07, 6.45) is 7.91. The van der Waals surface area contributed by atoms with Crippen LogP contribution in [-0.4, -0.2) is 52.2 Å². The van der Waals surface area contributed by atoms with Gasteiger partial charge in [-0.1, -0.05) is 24.1 Å². The molecule has 0 aromatic carbocycles. The van der Waals surface area contributed by atoms with Crippen LogP contribution in [-0.2, 0) is 6.42 Å². The third-order valence-electron chi connectivity index (χ3n) is 5.56. The minimum atomic E-state index is 0.463. The van der Waals surface area contributed by atoms with Gasteiger partial charge in [-0.25, -0.2) is 0 Å². The molecule has 7 nitrogen and oxygen atoms in total. The Hall–Kier alpha value is -2.44. The van der Waals surface area contributed by atoms with Gasteiger partial charge in [0.15, 0.2) is 11.8 Å². The zero-order valence-electron chi connectivity index (χ0n) is 16.0. The van der Waals surface area contributed by atoms with E-state index in [1.807, 2.05) is 18.2 Å². The second-order valence-corrected chi connectivity index (χ2v) is 7.43. The molecule has 1 N–H and O–H groups in total. The SMILES string of the molecule is CCNC(=NCCc1noc(-c2ccccn2)n1)N1CC2CCCCC2C1. The van der Waals surface area contributed by atoms with Crippen molar-refractivity contribution in [3.8, 4) is 11.6 Å². The van der Waals surface area contributed by atoms with Crippen LogP contribution < -0.4 is 5.32 Å². The van der Waals surface area contributed by atoms with Crippen LogP contribution in [0.3, 0.4) is 0 Å². The van der Waals surface area contributed by atoms with E-state index in [0.29, 0.717) is 30.4 Å². The molecule has 1 saturated heterocycles. The van der Waals surface area contributed by atoms with E-state index in [2.05, 4.69) is 32.3 Å². The van der Waals surface area contributed by atoms with Gasteiger partial charge in [-0.2, -0.15) is 4.98 Å². The van der Waals surface area contributed by atoms with Crippen molar-refractivity contribution in [2.24, 2.45) is 16.8 Å². The summed E-state index contributed by atoms with van der Waals surface area (Å²) < 4.78 is 5.32. The third kappa shape index (κ3) is 4.28. The summed E-state index contributed by atoms with van der Waals surface area (Å²) in [7, 11) is 0. The average molecular weight is 368 g/mol. The Kier molecular flexibility index (Phi) is 5.65. The molecule has 0 radical (unpaired) electrons. The molecule has 1 aliphatic carbocycles. The van der Waals surface area contributed by atoms with Gasteiger partial charge < -0.3 is 14.7 Å². The van der Waals surface area contributed by atoms with E-state index in [1.54, 1.807) is 6.20 Å². The molecule has 4 rings (SSSR count). The fourth-order valence-corrected chi connectivity index (χ4v) is 4.22. The van der Waals surface area contributed by atoms with Gasteiger partial charge in [-0.05, 0) is 43.7 Å². The van der Waals surface area contributed by atoms with Crippen molar-refractivity contribution in [1.82, 2.24) is 25.3 Å². The highest BCUT2D eigenvalue weighted by Gasteiger charge is 2.35. The van der Waals surface area contributed by atoms with Crippen LogP contribution in [0.25, 0.3) is 11.6 Å². The van der Waals surface area contributed by atoms with Crippen molar-refractivity contribution >= 4 is 5.96 Å². The Bertz CT molecular complexity index is 745. The molecule has 2 atom stereocenters. The first-order valence-corrected chi connectivity index (χ1v) is 10.1. The number of guanidine groups is 1. The van der Waals surface area contributed by atoms with E-state index in [9.17, 15) is 0 Å². The van der Waals surface area contributed by atoms with Crippen LogP contribution in [0, 0.1) is 11.8 Å². The molecule has 0 bridgehead atoms. The van der Waals surface area contributed by atoms with Gasteiger partial charge in [0.25, 0.3) is 5.89 Å². The standard InChI is InChI=1S/C20H28N6O/c1-2-21-20(26-13-15-7-3-4-8-16(15)14-26)23-12-10-18-24-19(27-25-18)17-9-5-6-11-22-17/h5-6,9,11,15-16H,2-4,7-8,10,12-14H2,1H3,(H,21,23). The van der Waals surface area contributed by atoms with E-state index >= 15 is 0 Å². The molecule has 1 aliphatic heterocycles. The van der Waals surface area contributed by atoms with E-state index in [4.69, 9.17) is 9.52 Å². The van der Waals surface area contributed by atoms with Crippen molar-refractivity contribution in [2.45, 2.75) is 39.0 Å². The lowest BCUT2D eigenvalue weighted by atomic mass is 9.82. The number of pyridine rings is 1. The number of hydrogen-bond acceptors (Lipinski definition) is 5. The Morgan fingerprint density at radius 3 is 2.78 bits per heavy atom. The molecule has 0 amide bonds. The lowest BCUT2D eigenvalue weighted by Gasteiger charge is -2.22. The summed E-state index contributed by atoms with van der Waals surface area (Å²) in [6.45, 7) is 5.94. The summed E-state index contributed by atoms with van der Waals surface area (Å²) >= 11 is 0. The smallest absolute Gasteiger partial charge is 0.276 e. The van der Waals surface area contributed by atoms with E-state index in [-0.39, 0.29) is 0 Å². The monoisotopic (exact) mass is 368 g/mol. The molecule has 7 heteroatoms. The second-order valence-electron chi connectivity index (χ2n) is 7.43. The topological polar surface area (TPSA) is 79.4 Å². The van der Waals surface area contributed by atoms with Gasteiger partial charge in [0, 0.05) is 38.8 Å². The number of aromatic nitrogens is 3. The summed E-state index contributed by atoms with van der Waals surface area (Å²) in [6, 6.07) is 5.64. The van der Waals surface area contributed by atoms with E-state index < -0.39 is 0 Å². The molecule has 27 heavy (non-hydrogen) atoms. The number of hydrogen-bond donors (Lipinski definition) is 1. The number of nitrogens with one attached hydrogen (secondary N) is 1. The first-order chi connectivity index (χ1) is 13.3. The second kappa shape index (κ2) is 8.50. The molecule has 2 fully saturated rings. The minimum Gasteiger partial charge on any atom is -0.357 e. The van der Waals surface area contributed by atoms with Gasteiger partial charge in [0.05, 0.1) is 0 Å². The molecule has 2 aromatic rings. The quantitative estimate of drug-likeness (QED) is 0.646. The fourth-order valence-electron chi connectivity index (χ4n) is 4.22. The van der Waals surface area contributed by atoms with Gasteiger partial charge in [0.2, 0.25) is 0 Å². The third-order valence-corrected chi connectivity index (χ3v) is 5.56. The molecular formula is C20H28N6O. The highest BCUT2D eigenvalue weighted by atomic mass is 16.5. The van der Waals surface area contributed by atoms with Gasteiger partial charge >= 0.3 is 0 Å². The Morgan fingerprint density at radius 1 is 1.26 bits per heavy atom. The van der Waals surface area contributed by atoms with Crippen molar-refractivity contribution in [3.63, 3.8) is 0 Å². The van der Waals surface area contributed by atoms with Crippen molar-refractivity contribution in [3.05, 3.63) is 30.2 Å². The number of nitrogens with zero attached hydrogens (tertiary/aromatic N) is 5. The van der Waals surface area contributed by atoms with Crippen LogP contribution in [0.2, 0.25) is 0 Å². The lowest BCUT2D eigenvalue weighted by Crippen LogP contribution is -2.40. The maximum Gasteiger partial charge on any atom is 0.276 e. The number of rotatable bonds is 5. The number of aliphatic imine (C=N–C) groups is 1. The van der Waals surface area contributed by atoms with Crippen molar-refractivity contribution in [2.75, 3.05) is 26.2 Å². The normalized spacial score (nSPS) is 22.7. The summed E-state index contributed by atoms with van der Waals surface area (Å²) in [5, 5.41) is 7.52. The highest BCUT2D eigenvalue weighted by Crippen LogP contribution is 2.35. The zero-order chi connectivity index (χ0) is 18.5. The molecule has 144 valence electrons. The molecule has 2 aromatic heterocycles. The van der Waals surface area contributed by atoms with E-state index in [1.165, 1.54) is 25.7 Å². The molecule has 0 spiro atoms. The first-order valence-electron chi connectivity index (χ1n) is 10.1. The van der Waals surface area contributed by atoms with Crippen LogP contribution in [0.1, 0.15) is 38.4 Å². The van der Waals surface area contributed by atoms with Crippen LogP contribution in [0.15, 0.2) is 33.9 Å². The predicted molar refractivity (Wildman–Crippen MR) is 104 cm³/mol. The van der Waals surface area contributed by atoms with Gasteiger partial charge in [0.1, 0.15) is 5.69 Å². The molecule has 2 unspecified atom stereocenters. The van der Waals surface area contributed by atoms with Crippen molar-refractivity contribution < 1.29 is 4.52 Å². The highest BCUT2D eigenvalue weighted by molar-refractivity contribution is 5.80. The lowest BCUT2D eigenvalue weighted by molar-refractivity contribution is 0.299. The Balaban J connectivity index is 1.36. The minimum absolute atomic E-state index is 0.463. The maximum absolute atomic E-state index is 5.32. The Labute approximate surface area is 160 Å². The summed E-state index contributed by atoms with van der Waals surface area (Å²) in [4.78, 5) is 15.9. The van der Waals surface area contributed by atoms with Crippen LogP contribution >= 0.6 is 0 Å². The Morgan fingerprint density at radius 2 is 2.07 bits per heavy atom. The number of likely N-dealkylation sites (tertiary alicyclic amines) is 1. The zero-order valence-corrected chi connectivity index (χ0v) is 16.0. The first kappa shape index (κ1) is 17.9. The van der Waals surface area contributed by atoms with E-state index in [0.717, 1.165) is 37.4 Å².